The molecule has 5 aromatic rings. The summed E-state index contributed by atoms with van der Waals surface area (Å²) in [6, 6.07) is 23.5. The molecule has 7 nitrogen and oxygen atoms in total. The third kappa shape index (κ3) is 3.22. The van der Waals surface area contributed by atoms with Gasteiger partial charge in [0.1, 0.15) is 5.65 Å². The van der Waals surface area contributed by atoms with Gasteiger partial charge in [-0.1, -0.05) is 48.5 Å². The molecule has 0 aliphatic carbocycles. The minimum absolute atomic E-state index is 0.0490. The van der Waals surface area contributed by atoms with Gasteiger partial charge in [0.05, 0.1) is 21.5 Å². The molecular weight excluding hydrogens is 412 g/mol. The largest absolute Gasteiger partial charge is 0.296 e. The van der Waals surface area contributed by atoms with Crippen LogP contribution in [0.1, 0.15) is 0 Å². The van der Waals surface area contributed by atoms with E-state index in [4.69, 9.17) is 10.2 Å². The van der Waals surface area contributed by atoms with Crippen LogP contribution in [0.15, 0.2) is 88.6 Å². The van der Waals surface area contributed by atoms with Crippen LogP contribution in [-0.2, 0) is 17.1 Å². The van der Waals surface area contributed by atoms with E-state index in [0.29, 0.717) is 16.6 Å². The topological polar surface area (TPSA) is 99.5 Å². The summed E-state index contributed by atoms with van der Waals surface area (Å²) in [7, 11) is -2.03. The highest BCUT2D eigenvalue weighted by atomic mass is 32.2. The van der Waals surface area contributed by atoms with Gasteiger partial charge in [-0.2, -0.15) is 5.10 Å². The van der Waals surface area contributed by atoms with Gasteiger partial charge in [0, 0.05) is 18.7 Å². The van der Waals surface area contributed by atoms with E-state index in [-0.39, 0.29) is 10.5 Å². The van der Waals surface area contributed by atoms with E-state index >= 15 is 0 Å². The SMILES string of the molecule is Cn1c(=O)c2ccc(-c3ccc(S(N)(=O)=O)cc3)cc2n2nc(-c3ccccc3)cc12. The molecular formula is C23H18N4O3S. The number of benzene rings is 3. The molecule has 0 unspecified atom stereocenters. The standard InChI is InChI=1S/C23H18N4O3S/c1-26-22-14-20(16-5-3-2-4-6-16)25-27(22)21-13-17(9-12-19(21)23(26)28)15-7-10-18(11-8-15)31(24,29)30/h2-14H,1H3,(H2,24,29,30). The maximum atomic E-state index is 12.9. The Morgan fingerprint density at radius 2 is 1.52 bits per heavy atom. The summed E-state index contributed by atoms with van der Waals surface area (Å²) < 4.78 is 26.4. The number of sulfonamides is 1. The fourth-order valence-corrected chi connectivity index (χ4v) is 4.24. The van der Waals surface area contributed by atoms with Gasteiger partial charge in [-0.05, 0) is 35.4 Å². The van der Waals surface area contributed by atoms with E-state index in [1.807, 2.05) is 48.5 Å². The number of aromatic nitrogens is 3. The molecule has 0 fully saturated rings. The zero-order valence-electron chi connectivity index (χ0n) is 16.6. The lowest BCUT2D eigenvalue weighted by molar-refractivity contribution is 0.598. The number of nitrogens with two attached hydrogens (primary N) is 1. The molecule has 2 N–H and O–H groups in total. The average Bonchev–Trinajstić information content (AvgIpc) is 3.23. The summed E-state index contributed by atoms with van der Waals surface area (Å²) in [5, 5.41) is 10.5. The van der Waals surface area contributed by atoms with Gasteiger partial charge in [0.15, 0.2) is 0 Å². The zero-order chi connectivity index (χ0) is 21.8. The van der Waals surface area contributed by atoms with Crippen molar-refractivity contribution in [1.82, 2.24) is 14.2 Å². The number of primary sulfonamides is 1. The van der Waals surface area contributed by atoms with Gasteiger partial charge < -0.3 is 0 Å². The van der Waals surface area contributed by atoms with Crippen molar-refractivity contribution in [3.05, 3.63) is 89.2 Å². The van der Waals surface area contributed by atoms with E-state index in [2.05, 4.69) is 0 Å². The van der Waals surface area contributed by atoms with Crippen LogP contribution >= 0.6 is 0 Å². The lowest BCUT2D eigenvalue weighted by Crippen LogP contribution is -2.19. The molecule has 0 spiro atoms. The summed E-state index contributed by atoms with van der Waals surface area (Å²) in [5.41, 5.74) is 4.61. The summed E-state index contributed by atoms with van der Waals surface area (Å²) in [4.78, 5) is 13.0. The Morgan fingerprint density at radius 3 is 2.19 bits per heavy atom. The van der Waals surface area contributed by atoms with Gasteiger partial charge in [-0.25, -0.2) is 18.1 Å². The summed E-state index contributed by atoms with van der Waals surface area (Å²) in [6.45, 7) is 0. The monoisotopic (exact) mass is 430 g/mol. The molecule has 0 aliphatic heterocycles. The minimum Gasteiger partial charge on any atom is -0.296 e. The molecule has 0 saturated carbocycles. The number of nitrogens with zero attached hydrogens (tertiary/aromatic N) is 3. The molecule has 0 bridgehead atoms. The van der Waals surface area contributed by atoms with Gasteiger partial charge in [0.25, 0.3) is 5.56 Å². The van der Waals surface area contributed by atoms with Crippen molar-refractivity contribution >= 4 is 26.6 Å². The molecule has 0 atom stereocenters. The van der Waals surface area contributed by atoms with Crippen LogP contribution in [0.25, 0.3) is 38.9 Å². The predicted molar refractivity (Wildman–Crippen MR) is 120 cm³/mol. The number of hydrogen-bond acceptors (Lipinski definition) is 4. The van der Waals surface area contributed by atoms with Gasteiger partial charge in [-0.3, -0.25) is 9.36 Å². The summed E-state index contributed by atoms with van der Waals surface area (Å²) in [6.07, 6.45) is 0. The molecule has 2 aromatic heterocycles. The van der Waals surface area contributed by atoms with Crippen LogP contribution in [0.5, 0.6) is 0 Å². The van der Waals surface area contributed by atoms with Crippen LogP contribution in [0.2, 0.25) is 0 Å². The fourth-order valence-electron chi connectivity index (χ4n) is 3.73. The Morgan fingerprint density at radius 1 is 0.839 bits per heavy atom. The molecule has 0 amide bonds. The maximum absolute atomic E-state index is 12.9. The lowest BCUT2D eigenvalue weighted by Gasteiger charge is -2.09. The van der Waals surface area contributed by atoms with Crippen LogP contribution in [-0.4, -0.2) is 22.6 Å². The van der Waals surface area contributed by atoms with Crippen molar-refractivity contribution in [2.75, 3.05) is 0 Å². The summed E-state index contributed by atoms with van der Waals surface area (Å²) >= 11 is 0. The highest BCUT2D eigenvalue weighted by Crippen LogP contribution is 2.26. The van der Waals surface area contributed by atoms with E-state index in [1.54, 1.807) is 34.3 Å². The van der Waals surface area contributed by atoms with Gasteiger partial charge in [0.2, 0.25) is 10.0 Å². The van der Waals surface area contributed by atoms with Crippen molar-refractivity contribution in [3.63, 3.8) is 0 Å². The van der Waals surface area contributed by atoms with Crippen molar-refractivity contribution in [3.8, 4) is 22.4 Å². The molecule has 0 aliphatic rings. The Kier molecular flexibility index (Phi) is 4.28. The molecule has 2 heterocycles. The molecule has 31 heavy (non-hydrogen) atoms. The highest BCUT2D eigenvalue weighted by molar-refractivity contribution is 7.89. The van der Waals surface area contributed by atoms with Crippen molar-refractivity contribution in [1.29, 1.82) is 0 Å². The van der Waals surface area contributed by atoms with E-state index in [1.165, 1.54) is 12.1 Å². The van der Waals surface area contributed by atoms with Crippen LogP contribution in [0, 0.1) is 0 Å². The first-order valence-electron chi connectivity index (χ1n) is 9.54. The van der Waals surface area contributed by atoms with Crippen LogP contribution in [0.4, 0.5) is 0 Å². The number of hydrogen-bond donors (Lipinski definition) is 1. The first-order chi connectivity index (χ1) is 14.8. The molecule has 8 heteroatoms. The zero-order valence-corrected chi connectivity index (χ0v) is 17.4. The second-order valence-corrected chi connectivity index (χ2v) is 8.89. The number of fused-ring (bicyclic) bond motifs is 3. The molecule has 0 radical (unpaired) electrons. The first-order valence-corrected chi connectivity index (χ1v) is 11.1. The smallest absolute Gasteiger partial charge is 0.261 e. The second kappa shape index (κ2) is 6.90. The molecule has 0 saturated heterocycles. The Hall–Kier alpha value is -3.75. The normalized spacial score (nSPS) is 11.9. The Labute approximate surface area is 178 Å². The molecule has 3 aromatic carbocycles. The number of aryl methyl sites for hydroxylation is 1. The second-order valence-electron chi connectivity index (χ2n) is 7.33. The van der Waals surface area contributed by atoms with E-state index in [0.717, 1.165) is 22.4 Å². The number of rotatable bonds is 3. The predicted octanol–water partition coefficient (Wildman–Crippen LogP) is 3.17. The van der Waals surface area contributed by atoms with Crippen molar-refractivity contribution in [2.24, 2.45) is 12.2 Å². The van der Waals surface area contributed by atoms with Crippen LogP contribution in [0.3, 0.4) is 0 Å². The van der Waals surface area contributed by atoms with Gasteiger partial charge in [-0.15, -0.1) is 0 Å². The first kappa shape index (κ1) is 19.2. The Bertz CT molecular complexity index is 1620. The van der Waals surface area contributed by atoms with E-state index in [9.17, 15) is 13.2 Å². The molecule has 154 valence electrons. The fraction of sp³-hybridized carbons (Fsp3) is 0.0435. The maximum Gasteiger partial charge on any atom is 0.261 e. The quantitative estimate of drug-likeness (QED) is 0.475. The lowest BCUT2D eigenvalue weighted by atomic mass is 10.0. The minimum atomic E-state index is -3.76. The van der Waals surface area contributed by atoms with Crippen molar-refractivity contribution < 1.29 is 8.42 Å². The average molecular weight is 430 g/mol. The van der Waals surface area contributed by atoms with Gasteiger partial charge >= 0.3 is 0 Å². The third-order valence-corrected chi connectivity index (χ3v) is 6.31. The Balaban J connectivity index is 1.74. The van der Waals surface area contributed by atoms with Crippen molar-refractivity contribution in [2.45, 2.75) is 4.90 Å². The van der Waals surface area contributed by atoms with Crippen LogP contribution < -0.4 is 10.7 Å². The third-order valence-electron chi connectivity index (χ3n) is 5.38. The highest BCUT2D eigenvalue weighted by Gasteiger charge is 2.14. The summed E-state index contributed by atoms with van der Waals surface area (Å²) in [5.74, 6) is 0. The van der Waals surface area contributed by atoms with E-state index < -0.39 is 10.0 Å². The molecule has 5 rings (SSSR count).